The molecule has 2 aromatic carbocycles. The summed E-state index contributed by atoms with van der Waals surface area (Å²) >= 11 is 1.56. The minimum atomic E-state index is -0.768. The van der Waals surface area contributed by atoms with Gasteiger partial charge in [-0.1, -0.05) is 18.2 Å². The Kier molecular flexibility index (Phi) is 7.29. The highest BCUT2D eigenvalue weighted by molar-refractivity contribution is 7.98. The molecule has 9 heteroatoms. The summed E-state index contributed by atoms with van der Waals surface area (Å²) in [7, 11) is 0. The SMILES string of the molecule is CSCC[C@@H](NC(=O)c1ccccc1)C(=O)Nc1ccc(F)c(N2CCOC2=O)c1. The van der Waals surface area contributed by atoms with Crippen molar-refractivity contribution in [2.45, 2.75) is 12.5 Å². The van der Waals surface area contributed by atoms with E-state index in [0.29, 0.717) is 23.4 Å². The Morgan fingerprint density at radius 1 is 1.23 bits per heavy atom. The summed E-state index contributed by atoms with van der Waals surface area (Å²) in [4.78, 5) is 38.2. The van der Waals surface area contributed by atoms with Crippen LogP contribution in [-0.2, 0) is 9.53 Å². The fraction of sp³-hybridized carbons (Fsp3) is 0.286. The van der Waals surface area contributed by atoms with Crippen LogP contribution >= 0.6 is 11.8 Å². The van der Waals surface area contributed by atoms with Gasteiger partial charge in [-0.05, 0) is 48.8 Å². The van der Waals surface area contributed by atoms with Gasteiger partial charge in [0.15, 0.2) is 0 Å². The monoisotopic (exact) mass is 431 g/mol. The molecule has 3 rings (SSSR count). The highest BCUT2D eigenvalue weighted by Gasteiger charge is 2.27. The molecular weight excluding hydrogens is 409 g/mol. The summed E-state index contributed by atoms with van der Waals surface area (Å²) in [5.41, 5.74) is 0.805. The number of nitrogens with one attached hydrogen (secondary N) is 2. The maximum atomic E-state index is 14.2. The lowest BCUT2D eigenvalue weighted by molar-refractivity contribution is -0.118. The van der Waals surface area contributed by atoms with Crippen LogP contribution in [0.2, 0.25) is 0 Å². The standard InChI is InChI=1S/C21H22FN3O4S/c1-30-12-9-17(24-19(26)14-5-3-2-4-6-14)20(27)23-15-7-8-16(22)18(13-15)25-10-11-29-21(25)28/h2-8,13,17H,9-12H2,1H3,(H,23,27)(H,24,26)/t17-/m1/s1. The van der Waals surface area contributed by atoms with E-state index in [2.05, 4.69) is 10.6 Å². The summed E-state index contributed by atoms with van der Waals surface area (Å²) < 4.78 is 19.0. The molecule has 1 fully saturated rings. The number of hydrogen-bond donors (Lipinski definition) is 2. The van der Waals surface area contributed by atoms with Crippen LogP contribution in [0.3, 0.4) is 0 Å². The van der Waals surface area contributed by atoms with Gasteiger partial charge in [0.05, 0.1) is 12.2 Å². The molecule has 0 bridgehead atoms. The van der Waals surface area contributed by atoms with Crippen LogP contribution in [0.25, 0.3) is 0 Å². The lowest BCUT2D eigenvalue weighted by atomic mass is 10.1. The highest BCUT2D eigenvalue weighted by Crippen LogP contribution is 2.26. The molecule has 7 nitrogen and oxygen atoms in total. The quantitative estimate of drug-likeness (QED) is 0.670. The predicted molar refractivity (Wildman–Crippen MR) is 114 cm³/mol. The van der Waals surface area contributed by atoms with Crippen molar-refractivity contribution in [1.82, 2.24) is 5.32 Å². The summed E-state index contributed by atoms with van der Waals surface area (Å²) in [5, 5.41) is 5.46. The molecule has 1 atom stereocenters. The fourth-order valence-corrected chi connectivity index (χ4v) is 3.45. The molecule has 30 heavy (non-hydrogen) atoms. The zero-order valence-electron chi connectivity index (χ0n) is 16.4. The number of amides is 3. The summed E-state index contributed by atoms with van der Waals surface area (Å²) in [6.07, 6.45) is 1.71. The van der Waals surface area contributed by atoms with Crippen LogP contribution in [0, 0.1) is 5.82 Å². The van der Waals surface area contributed by atoms with Crippen molar-refractivity contribution in [3.05, 3.63) is 59.9 Å². The van der Waals surface area contributed by atoms with E-state index in [0.717, 1.165) is 0 Å². The maximum absolute atomic E-state index is 14.2. The number of carbonyl (C=O) groups is 3. The van der Waals surface area contributed by atoms with Gasteiger partial charge in [0.2, 0.25) is 5.91 Å². The van der Waals surface area contributed by atoms with E-state index in [1.165, 1.54) is 23.1 Å². The van der Waals surface area contributed by atoms with E-state index in [4.69, 9.17) is 4.74 Å². The zero-order chi connectivity index (χ0) is 21.5. The van der Waals surface area contributed by atoms with Gasteiger partial charge in [-0.15, -0.1) is 0 Å². The first kappa shape index (κ1) is 21.6. The van der Waals surface area contributed by atoms with Crippen LogP contribution < -0.4 is 15.5 Å². The van der Waals surface area contributed by atoms with E-state index >= 15 is 0 Å². The first-order valence-electron chi connectivity index (χ1n) is 9.39. The minimum absolute atomic E-state index is 0.0317. The smallest absolute Gasteiger partial charge is 0.414 e. The fourth-order valence-electron chi connectivity index (χ4n) is 2.97. The van der Waals surface area contributed by atoms with Gasteiger partial charge in [-0.2, -0.15) is 11.8 Å². The first-order valence-corrected chi connectivity index (χ1v) is 10.8. The predicted octanol–water partition coefficient (Wildman–Crippen LogP) is 3.27. The van der Waals surface area contributed by atoms with Crippen LogP contribution in [0.1, 0.15) is 16.8 Å². The van der Waals surface area contributed by atoms with Crippen LogP contribution in [-0.4, -0.2) is 49.1 Å². The van der Waals surface area contributed by atoms with Crippen molar-refractivity contribution >= 4 is 41.0 Å². The molecule has 2 N–H and O–H groups in total. The Morgan fingerprint density at radius 3 is 2.67 bits per heavy atom. The van der Waals surface area contributed by atoms with Crippen molar-refractivity contribution in [1.29, 1.82) is 0 Å². The van der Waals surface area contributed by atoms with Gasteiger partial charge < -0.3 is 15.4 Å². The lowest BCUT2D eigenvalue weighted by Crippen LogP contribution is -2.44. The van der Waals surface area contributed by atoms with Gasteiger partial charge in [-0.3, -0.25) is 14.5 Å². The molecule has 1 aliphatic rings. The van der Waals surface area contributed by atoms with Gasteiger partial charge in [0.1, 0.15) is 18.5 Å². The molecule has 0 aromatic heterocycles. The number of halogens is 1. The normalized spacial score (nSPS) is 14.2. The third kappa shape index (κ3) is 5.29. The molecule has 0 saturated carbocycles. The van der Waals surface area contributed by atoms with Crippen molar-refractivity contribution in [3.8, 4) is 0 Å². The van der Waals surface area contributed by atoms with Crippen LogP contribution in [0.4, 0.5) is 20.6 Å². The molecule has 0 unspecified atom stereocenters. The number of anilines is 2. The van der Waals surface area contributed by atoms with Crippen molar-refractivity contribution in [2.24, 2.45) is 0 Å². The number of benzene rings is 2. The topological polar surface area (TPSA) is 87.7 Å². The maximum Gasteiger partial charge on any atom is 0.414 e. The average Bonchev–Trinajstić information content (AvgIpc) is 3.18. The zero-order valence-corrected chi connectivity index (χ0v) is 17.2. The number of cyclic esters (lactones) is 1. The molecule has 0 aliphatic carbocycles. The average molecular weight is 431 g/mol. The number of carbonyl (C=O) groups excluding carboxylic acids is 3. The Bertz CT molecular complexity index is 926. The van der Waals surface area contributed by atoms with Crippen LogP contribution in [0.5, 0.6) is 0 Å². The second kappa shape index (κ2) is 10.1. The Balaban J connectivity index is 1.73. The Hall–Kier alpha value is -3.07. The third-order valence-corrected chi connectivity index (χ3v) is 5.18. The number of rotatable bonds is 8. The molecule has 2 aromatic rings. The van der Waals surface area contributed by atoms with Crippen LogP contribution in [0.15, 0.2) is 48.5 Å². The van der Waals surface area contributed by atoms with Crippen molar-refractivity contribution < 1.29 is 23.5 Å². The van der Waals surface area contributed by atoms with E-state index in [-0.39, 0.29) is 24.7 Å². The van der Waals surface area contributed by atoms with Gasteiger partial charge >= 0.3 is 6.09 Å². The summed E-state index contributed by atoms with van der Waals surface area (Å²) in [6.45, 7) is 0.410. The number of ether oxygens (including phenoxy) is 1. The summed E-state index contributed by atoms with van der Waals surface area (Å²) in [6, 6.07) is 11.8. The molecule has 1 aliphatic heterocycles. The molecule has 1 saturated heterocycles. The molecule has 0 spiro atoms. The molecular formula is C21H22FN3O4S. The van der Waals surface area contributed by atoms with E-state index in [1.54, 1.807) is 42.1 Å². The largest absolute Gasteiger partial charge is 0.447 e. The highest BCUT2D eigenvalue weighted by atomic mass is 32.2. The number of thioether (sulfide) groups is 1. The number of nitrogens with zero attached hydrogens (tertiary/aromatic N) is 1. The minimum Gasteiger partial charge on any atom is -0.447 e. The third-order valence-electron chi connectivity index (χ3n) is 4.53. The van der Waals surface area contributed by atoms with Gasteiger partial charge in [0, 0.05) is 11.3 Å². The summed E-state index contributed by atoms with van der Waals surface area (Å²) in [5.74, 6) is -0.698. The lowest BCUT2D eigenvalue weighted by Gasteiger charge is -2.19. The second-order valence-electron chi connectivity index (χ2n) is 6.59. The Morgan fingerprint density at radius 2 is 2.00 bits per heavy atom. The van der Waals surface area contributed by atoms with E-state index in [9.17, 15) is 18.8 Å². The van der Waals surface area contributed by atoms with Gasteiger partial charge in [0.25, 0.3) is 5.91 Å². The second-order valence-corrected chi connectivity index (χ2v) is 7.58. The van der Waals surface area contributed by atoms with E-state index < -0.39 is 23.9 Å². The van der Waals surface area contributed by atoms with Crippen molar-refractivity contribution in [3.63, 3.8) is 0 Å². The number of hydrogen-bond acceptors (Lipinski definition) is 5. The molecule has 3 amide bonds. The molecule has 0 radical (unpaired) electrons. The Labute approximate surface area is 178 Å². The first-order chi connectivity index (χ1) is 14.5. The van der Waals surface area contributed by atoms with Gasteiger partial charge in [-0.25, -0.2) is 9.18 Å². The molecule has 158 valence electrons. The molecule has 1 heterocycles. The van der Waals surface area contributed by atoms with E-state index in [1.807, 2.05) is 6.26 Å². The van der Waals surface area contributed by atoms with Crippen molar-refractivity contribution in [2.75, 3.05) is 35.4 Å².